The molecule has 202 valence electrons. The van der Waals surface area contributed by atoms with Gasteiger partial charge >= 0.3 is 6.09 Å². The number of aryl methyl sites for hydroxylation is 1. The Morgan fingerprint density at radius 3 is 2.81 bits per heavy atom. The summed E-state index contributed by atoms with van der Waals surface area (Å²) in [5.41, 5.74) is 2.19. The van der Waals surface area contributed by atoms with Gasteiger partial charge in [-0.15, -0.1) is 0 Å². The number of carbonyl (C=O) groups excluding carboxylic acids is 2. The molecule has 0 radical (unpaired) electrons. The molecule has 1 aromatic carbocycles. The van der Waals surface area contributed by atoms with Gasteiger partial charge in [-0.3, -0.25) is 14.9 Å². The zero-order valence-corrected chi connectivity index (χ0v) is 21.9. The number of aromatic hydroxyl groups is 1. The Morgan fingerprint density at radius 1 is 1.27 bits per heavy atom. The van der Waals surface area contributed by atoms with Crippen molar-refractivity contribution < 1.29 is 28.9 Å². The average molecular weight is 516 g/mol. The van der Waals surface area contributed by atoms with Crippen LogP contribution in [0.3, 0.4) is 0 Å². The molecule has 0 aliphatic heterocycles. The highest BCUT2D eigenvalue weighted by Gasteiger charge is 2.30. The highest BCUT2D eigenvalue weighted by Crippen LogP contribution is 2.36. The van der Waals surface area contributed by atoms with Crippen molar-refractivity contribution in [1.29, 1.82) is 0 Å². The summed E-state index contributed by atoms with van der Waals surface area (Å²) in [5.74, 6) is 0.944. The Bertz CT molecular complexity index is 1080. The molecule has 1 heterocycles. The Balaban J connectivity index is 1.55. The van der Waals surface area contributed by atoms with E-state index in [1.807, 2.05) is 19.9 Å². The molecule has 1 fully saturated rings. The number of phenols is 1. The molecule has 11 nitrogen and oxygen atoms in total. The Morgan fingerprint density at radius 2 is 2.08 bits per heavy atom. The number of alkyl carbamates (subject to hydrolysis) is 1. The second-order valence-corrected chi connectivity index (χ2v) is 9.34. The molecule has 2 amide bonds. The summed E-state index contributed by atoms with van der Waals surface area (Å²) < 4.78 is 15.8. The number of nitrogens with zero attached hydrogens (tertiary/aromatic N) is 2. The van der Waals surface area contributed by atoms with E-state index in [1.165, 1.54) is 13.2 Å². The summed E-state index contributed by atoms with van der Waals surface area (Å²) in [6, 6.07) is 5.16. The van der Waals surface area contributed by atoms with Gasteiger partial charge in [0.1, 0.15) is 17.6 Å². The summed E-state index contributed by atoms with van der Waals surface area (Å²) in [6.45, 7) is 4.70. The standard InChI is InChI=1S/C26H37N5O6/c1-16(2)28-26(34)37-19-7-5-18(12-19)22-14-24(31-30-22)29-25(33)8-6-17-11-20(36-4)13-23(32)21(17)15-27-9-10-35-3/h11,13-16,18-19,32H,5-10,12H2,1-4H3,(H,28,34)(H2,29,30,31,33)/t18-,19+/m0/s1. The highest BCUT2D eigenvalue weighted by molar-refractivity contribution is 5.91. The van der Waals surface area contributed by atoms with Gasteiger partial charge in [-0.1, -0.05) is 0 Å². The van der Waals surface area contributed by atoms with Gasteiger partial charge in [0.15, 0.2) is 5.82 Å². The van der Waals surface area contributed by atoms with Gasteiger partial charge in [-0.05, 0) is 51.2 Å². The number of nitrogens with one attached hydrogen (secondary N) is 3. The zero-order chi connectivity index (χ0) is 26.8. The minimum Gasteiger partial charge on any atom is -0.507 e. The number of methoxy groups -OCH3 is 2. The molecule has 1 aromatic heterocycles. The van der Waals surface area contributed by atoms with Gasteiger partial charge < -0.3 is 30.0 Å². The van der Waals surface area contributed by atoms with Crippen molar-refractivity contribution in [2.24, 2.45) is 4.99 Å². The van der Waals surface area contributed by atoms with Crippen LogP contribution in [-0.4, -0.2) is 73.0 Å². The smallest absolute Gasteiger partial charge is 0.407 e. The van der Waals surface area contributed by atoms with Crippen molar-refractivity contribution in [3.8, 4) is 11.5 Å². The largest absolute Gasteiger partial charge is 0.507 e. The maximum Gasteiger partial charge on any atom is 0.407 e. The number of H-pyrrole nitrogens is 1. The van der Waals surface area contributed by atoms with E-state index in [1.54, 1.807) is 19.4 Å². The van der Waals surface area contributed by atoms with Gasteiger partial charge in [0.2, 0.25) is 5.91 Å². The lowest BCUT2D eigenvalue weighted by Crippen LogP contribution is -2.33. The van der Waals surface area contributed by atoms with Crippen LogP contribution < -0.4 is 15.4 Å². The number of amides is 2. The second kappa shape index (κ2) is 13.6. The molecule has 3 rings (SSSR count). The van der Waals surface area contributed by atoms with E-state index >= 15 is 0 Å². The van der Waals surface area contributed by atoms with Crippen molar-refractivity contribution in [2.45, 2.75) is 64.0 Å². The van der Waals surface area contributed by atoms with E-state index in [9.17, 15) is 14.7 Å². The second-order valence-electron chi connectivity index (χ2n) is 9.34. The van der Waals surface area contributed by atoms with E-state index in [0.29, 0.717) is 43.1 Å². The molecule has 37 heavy (non-hydrogen) atoms. The topological polar surface area (TPSA) is 147 Å². The van der Waals surface area contributed by atoms with Crippen LogP contribution in [0.4, 0.5) is 10.6 Å². The molecule has 2 aromatic rings. The van der Waals surface area contributed by atoms with E-state index in [4.69, 9.17) is 14.2 Å². The summed E-state index contributed by atoms with van der Waals surface area (Å²) in [6.07, 6.45) is 3.95. The third-order valence-corrected chi connectivity index (χ3v) is 6.09. The molecule has 2 atom stereocenters. The molecule has 1 aliphatic rings. The van der Waals surface area contributed by atoms with Crippen molar-refractivity contribution in [3.05, 3.63) is 35.0 Å². The minimum atomic E-state index is -0.396. The van der Waals surface area contributed by atoms with Crippen LogP contribution in [0.25, 0.3) is 0 Å². The number of hydrogen-bond acceptors (Lipinski definition) is 8. The summed E-state index contributed by atoms with van der Waals surface area (Å²) in [7, 11) is 3.12. The van der Waals surface area contributed by atoms with Gasteiger partial charge in [-0.2, -0.15) is 5.10 Å². The molecule has 1 saturated carbocycles. The van der Waals surface area contributed by atoms with E-state index in [-0.39, 0.29) is 36.1 Å². The fourth-order valence-corrected chi connectivity index (χ4v) is 4.26. The number of aromatic amines is 1. The first-order valence-electron chi connectivity index (χ1n) is 12.5. The van der Waals surface area contributed by atoms with Crippen LogP contribution in [0.5, 0.6) is 11.5 Å². The summed E-state index contributed by atoms with van der Waals surface area (Å²) >= 11 is 0. The monoisotopic (exact) mass is 515 g/mol. The van der Waals surface area contributed by atoms with Crippen molar-refractivity contribution in [1.82, 2.24) is 15.5 Å². The van der Waals surface area contributed by atoms with Crippen LogP contribution in [0.15, 0.2) is 23.2 Å². The molecule has 0 saturated heterocycles. The van der Waals surface area contributed by atoms with Crippen molar-refractivity contribution in [2.75, 3.05) is 32.7 Å². The third kappa shape index (κ3) is 8.49. The number of anilines is 1. The van der Waals surface area contributed by atoms with Crippen LogP contribution in [-0.2, 0) is 20.7 Å². The molecule has 11 heteroatoms. The molecule has 0 bridgehead atoms. The van der Waals surface area contributed by atoms with Gasteiger partial charge in [0.25, 0.3) is 0 Å². The quantitative estimate of drug-likeness (QED) is 0.250. The molecular weight excluding hydrogens is 478 g/mol. The number of phenolic OH excluding ortho intramolecular Hbond substituents is 1. The third-order valence-electron chi connectivity index (χ3n) is 6.09. The van der Waals surface area contributed by atoms with Gasteiger partial charge in [0.05, 0.1) is 20.3 Å². The predicted molar refractivity (Wildman–Crippen MR) is 140 cm³/mol. The lowest BCUT2D eigenvalue weighted by molar-refractivity contribution is -0.116. The van der Waals surface area contributed by atoms with Crippen LogP contribution in [0, 0.1) is 0 Å². The molecular formula is C26H37N5O6. The lowest BCUT2D eigenvalue weighted by atomic mass is 10.0. The Labute approximate surface area is 217 Å². The molecule has 0 unspecified atom stereocenters. The fraction of sp³-hybridized carbons (Fsp3) is 0.538. The normalized spacial score (nSPS) is 17.3. The number of aliphatic imine (C=N–C) groups is 1. The maximum atomic E-state index is 12.7. The fourth-order valence-electron chi connectivity index (χ4n) is 4.26. The first kappa shape index (κ1) is 28.0. The first-order valence-corrected chi connectivity index (χ1v) is 12.5. The maximum absolute atomic E-state index is 12.7. The Hall–Kier alpha value is -3.60. The molecule has 4 N–H and O–H groups in total. The van der Waals surface area contributed by atoms with Crippen molar-refractivity contribution >= 4 is 24.0 Å². The predicted octanol–water partition coefficient (Wildman–Crippen LogP) is 3.53. The van der Waals surface area contributed by atoms with Crippen molar-refractivity contribution in [3.63, 3.8) is 0 Å². The average Bonchev–Trinajstić information content (AvgIpc) is 3.50. The summed E-state index contributed by atoms with van der Waals surface area (Å²) in [5, 5.41) is 23.2. The van der Waals surface area contributed by atoms with E-state index in [0.717, 1.165) is 24.1 Å². The first-order chi connectivity index (χ1) is 17.8. The van der Waals surface area contributed by atoms with Gasteiger partial charge in [-0.25, -0.2) is 4.79 Å². The number of rotatable bonds is 12. The molecule has 0 spiro atoms. The number of ether oxygens (including phenoxy) is 3. The number of aromatic nitrogens is 2. The van der Waals surface area contributed by atoms with E-state index < -0.39 is 6.09 Å². The summed E-state index contributed by atoms with van der Waals surface area (Å²) in [4.78, 5) is 28.8. The Kier molecular flexibility index (Phi) is 10.3. The lowest BCUT2D eigenvalue weighted by Gasteiger charge is -2.14. The van der Waals surface area contributed by atoms with Crippen LogP contribution in [0.1, 0.15) is 62.3 Å². The van der Waals surface area contributed by atoms with Crippen LogP contribution >= 0.6 is 0 Å². The molecule has 1 aliphatic carbocycles. The van der Waals surface area contributed by atoms with E-state index in [2.05, 4.69) is 25.8 Å². The highest BCUT2D eigenvalue weighted by atomic mass is 16.6. The SMILES string of the molecule is COCCN=Cc1c(O)cc(OC)cc1CCC(=O)Nc1cc([C@H]2CC[C@@H](OC(=O)NC(C)C)C2)[nH]n1. The number of hydrogen-bond donors (Lipinski definition) is 4. The zero-order valence-electron chi connectivity index (χ0n) is 21.9. The van der Waals surface area contributed by atoms with Gasteiger partial charge in [0, 0.05) is 55.1 Å². The van der Waals surface area contributed by atoms with Crippen LogP contribution in [0.2, 0.25) is 0 Å². The minimum absolute atomic E-state index is 0.0266. The number of benzene rings is 1. The number of carbonyl (C=O) groups is 2.